The minimum absolute atomic E-state index is 0.646. The topological polar surface area (TPSA) is 25.8 Å². The summed E-state index contributed by atoms with van der Waals surface area (Å²) in [6.07, 6.45) is 5.69. The summed E-state index contributed by atoms with van der Waals surface area (Å²) in [7, 11) is 0. The first kappa shape index (κ1) is 13.6. The average molecular weight is 287 g/mol. The van der Waals surface area contributed by atoms with Crippen LogP contribution in [-0.2, 0) is 12.8 Å². The number of rotatable bonds is 1. The molecule has 0 amide bonds. The van der Waals surface area contributed by atoms with Gasteiger partial charge >= 0.3 is 0 Å². The monoisotopic (exact) mass is 286 g/mol. The third-order valence-corrected chi connectivity index (χ3v) is 4.54. The summed E-state index contributed by atoms with van der Waals surface area (Å²) in [6.45, 7) is 4.23. The molecular weight excluding hydrogens is 268 g/mol. The van der Waals surface area contributed by atoms with E-state index in [1.165, 1.54) is 36.0 Å². The minimum atomic E-state index is 0.646. The van der Waals surface area contributed by atoms with Gasteiger partial charge in [-0.3, -0.25) is 0 Å². The lowest BCUT2D eigenvalue weighted by Gasteiger charge is -2.12. The standard InChI is InChI=1S/C17H19ClN2/c1-11-7-6-9-13(12(11)2)17-19-15-10-5-3-4-8-14(15)16(18)20-17/h6-7,9H,3-5,8,10H2,1-2H3. The van der Waals surface area contributed by atoms with Gasteiger partial charge in [-0.15, -0.1) is 0 Å². The van der Waals surface area contributed by atoms with Crippen LogP contribution in [0.15, 0.2) is 18.2 Å². The zero-order chi connectivity index (χ0) is 14.1. The van der Waals surface area contributed by atoms with Gasteiger partial charge in [0.15, 0.2) is 5.82 Å². The Hall–Kier alpha value is -1.41. The van der Waals surface area contributed by atoms with E-state index in [-0.39, 0.29) is 0 Å². The van der Waals surface area contributed by atoms with Crippen molar-refractivity contribution in [2.75, 3.05) is 0 Å². The lowest BCUT2D eigenvalue weighted by Crippen LogP contribution is -2.03. The fourth-order valence-corrected chi connectivity index (χ4v) is 3.12. The Morgan fingerprint density at radius 2 is 1.80 bits per heavy atom. The molecule has 2 nitrogen and oxygen atoms in total. The lowest BCUT2D eigenvalue weighted by molar-refractivity contribution is 0.709. The van der Waals surface area contributed by atoms with Crippen LogP contribution < -0.4 is 0 Å². The second-order valence-electron chi connectivity index (χ2n) is 5.57. The molecular formula is C17H19ClN2. The van der Waals surface area contributed by atoms with E-state index in [0.717, 1.165) is 29.9 Å². The highest BCUT2D eigenvalue weighted by molar-refractivity contribution is 6.30. The van der Waals surface area contributed by atoms with E-state index in [4.69, 9.17) is 16.6 Å². The SMILES string of the molecule is Cc1cccc(-c2nc(Cl)c3c(n2)CCCCC3)c1C. The maximum atomic E-state index is 6.41. The summed E-state index contributed by atoms with van der Waals surface area (Å²) >= 11 is 6.41. The maximum Gasteiger partial charge on any atom is 0.161 e. The predicted octanol–water partition coefficient (Wildman–Crippen LogP) is 4.68. The first-order valence-electron chi connectivity index (χ1n) is 7.28. The number of aromatic nitrogens is 2. The van der Waals surface area contributed by atoms with Crippen molar-refractivity contribution in [3.63, 3.8) is 0 Å². The number of hydrogen-bond donors (Lipinski definition) is 0. The first-order chi connectivity index (χ1) is 9.66. The molecule has 20 heavy (non-hydrogen) atoms. The molecule has 1 aromatic heterocycles. The summed E-state index contributed by atoms with van der Waals surface area (Å²) in [5, 5.41) is 0.646. The van der Waals surface area contributed by atoms with E-state index in [1.807, 2.05) is 0 Å². The average Bonchev–Trinajstić information content (AvgIpc) is 2.67. The van der Waals surface area contributed by atoms with Crippen molar-refractivity contribution in [3.8, 4) is 11.4 Å². The van der Waals surface area contributed by atoms with Crippen molar-refractivity contribution >= 4 is 11.6 Å². The van der Waals surface area contributed by atoms with E-state index in [2.05, 4.69) is 37.0 Å². The Labute approximate surface area is 125 Å². The molecule has 0 radical (unpaired) electrons. The molecule has 3 rings (SSSR count). The van der Waals surface area contributed by atoms with Gasteiger partial charge in [0.1, 0.15) is 5.15 Å². The largest absolute Gasteiger partial charge is 0.233 e. The maximum absolute atomic E-state index is 6.41. The van der Waals surface area contributed by atoms with Crippen LogP contribution in [-0.4, -0.2) is 9.97 Å². The molecule has 0 N–H and O–H groups in total. The van der Waals surface area contributed by atoms with Crippen LogP contribution in [0.4, 0.5) is 0 Å². The molecule has 0 aliphatic heterocycles. The van der Waals surface area contributed by atoms with Gasteiger partial charge in [-0.05, 0) is 50.7 Å². The molecule has 1 aliphatic rings. The van der Waals surface area contributed by atoms with Crippen LogP contribution in [0.1, 0.15) is 41.6 Å². The smallest absolute Gasteiger partial charge is 0.161 e. The van der Waals surface area contributed by atoms with Crippen LogP contribution in [0.3, 0.4) is 0 Å². The molecule has 0 fully saturated rings. The molecule has 2 aromatic rings. The predicted molar refractivity (Wildman–Crippen MR) is 83.2 cm³/mol. The quantitative estimate of drug-likeness (QED) is 0.562. The Morgan fingerprint density at radius 3 is 2.65 bits per heavy atom. The highest BCUT2D eigenvalue weighted by Gasteiger charge is 2.17. The fourth-order valence-electron chi connectivity index (χ4n) is 2.84. The number of nitrogens with zero attached hydrogens (tertiary/aromatic N) is 2. The van der Waals surface area contributed by atoms with Crippen LogP contribution in [0.2, 0.25) is 5.15 Å². The summed E-state index contributed by atoms with van der Waals surface area (Å²) < 4.78 is 0. The molecule has 0 saturated heterocycles. The van der Waals surface area contributed by atoms with Crippen molar-refractivity contribution in [1.82, 2.24) is 9.97 Å². The zero-order valence-electron chi connectivity index (χ0n) is 12.0. The van der Waals surface area contributed by atoms with Crippen LogP contribution in [0.25, 0.3) is 11.4 Å². The first-order valence-corrected chi connectivity index (χ1v) is 7.66. The van der Waals surface area contributed by atoms with Gasteiger partial charge in [0.05, 0.1) is 0 Å². The number of hydrogen-bond acceptors (Lipinski definition) is 2. The number of fused-ring (bicyclic) bond motifs is 1. The molecule has 0 spiro atoms. The van der Waals surface area contributed by atoms with Crippen LogP contribution >= 0.6 is 11.6 Å². The lowest BCUT2D eigenvalue weighted by atomic mass is 10.0. The number of halogens is 1. The van der Waals surface area contributed by atoms with Crippen molar-refractivity contribution in [3.05, 3.63) is 45.7 Å². The minimum Gasteiger partial charge on any atom is -0.233 e. The van der Waals surface area contributed by atoms with Gasteiger partial charge in [0.2, 0.25) is 0 Å². The summed E-state index contributed by atoms with van der Waals surface area (Å²) in [5.74, 6) is 0.775. The molecule has 1 aliphatic carbocycles. The molecule has 104 valence electrons. The van der Waals surface area contributed by atoms with Crippen molar-refractivity contribution in [2.45, 2.75) is 46.0 Å². The van der Waals surface area contributed by atoms with Crippen molar-refractivity contribution < 1.29 is 0 Å². The van der Waals surface area contributed by atoms with Crippen molar-refractivity contribution in [2.24, 2.45) is 0 Å². The number of aryl methyl sites for hydroxylation is 2. The van der Waals surface area contributed by atoms with Gasteiger partial charge in [-0.1, -0.05) is 36.2 Å². The van der Waals surface area contributed by atoms with Gasteiger partial charge in [0, 0.05) is 16.8 Å². The van der Waals surface area contributed by atoms with Gasteiger partial charge in [-0.25, -0.2) is 9.97 Å². The van der Waals surface area contributed by atoms with Gasteiger partial charge in [0.25, 0.3) is 0 Å². The highest BCUT2D eigenvalue weighted by Crippen LogP contribution is 2.29. The Kier molecular flexibility index (Phi) is 3.75. The molecule has 0 saturated carbocycles. The Balaban J connectivity index is 2.13. The van der Waals surface area contributed by atoms with Gasteiger partial charge in [-0.2, -0.15) is 0 Å². The molecule has 1 aromatic carbocycles. The summed E-state index contributed by atoms with van der Waals surface area (Å²) in [4.78, 5) is 9.37. The van der Waals surface area contributed by atoms with Gasteiger partial charge < -0.3 is 0 Å². The molecule has 3 heteroatoms. The molecule has 0 unspecified atom stereocenters. The van der Waals surface area contributed by atoms with Crippen molar-refractivity contribution in [1.29, 1.82) is 0 Å². The third kappa shape index (κ3) is 2.45. The van der Waals surface area contributed by atoms with E-state index in [0.29, 0.717) is 5.15 Å². The zero-order valence-corrected chi connectivity index (χ0v) is 12.8. The second kappa shape index (κ2) is 5.53. The Morgan fingerprint density at radius 1 is 1.00 bits per heavy atom. The molecule has 1 heterocycles. The van der Waals surface area contributed by atoms with E-state index < -0.39 is 0 Å². The van der Waals surface area contributed by atoms with Crippen LogP contribution in [0.5, 0.6) is 0 Å². The fraction of sp³-hybridized carbons (Fsp3) is 0.412. The van der Waals surface area contributed by atoms with E-state index in [1.54, 1.807) is 0 Å². The normalized spacial score (nSPS) is 14.8. The second-order valence-corrected chi connectivity index (χ2v) is 5.93. The third-order valence-electron chi connectivity index (χ3n) is 4.23. The molecule has 0 atom stereocenters. The van der Waals surface area contributed by atoms with E-state index >= 15 is 0 Å². The Bertz CT molecular complexity index is 650. The highest BCUT2D eigenvalue weighted by atomic mass is 35.5. The molecule has 0 bridgehead atoms. The van der Waals surface area contributed by atoms with E-state index in [9.17, 15) is 0 Å². The van der Waals surface area contributed by atoms with Crippen LogP contribution in [0, 0.1) is 13.8 Å². The number of benzene rings is 1. The summed E-state index contributed by atoms with van der Waals surface area (Å²) in [6, 6.07) is 6.25. The summed E-state index contributed by atoms with van der Waals surface area (Å²) in [5.41, 5.74) is 5.91.